The summed E-state index contributed by atoms with van der Waals surface area (Å²) in [4.78, 5) is 0. The monoisotopic (exact) mass is 216 g/mol. The zero-order valence-electron chi connectivity index (χ0n) is 9.73. The van der Waals surface area contributed by atoms with Crippen molar-refractivity contribution in [1.82, 2.24) is 0 Å². The highest BCUT2D eigenvalue weighted by molar-refractivity contribution is 5.35. The molecule has 1 aromatic carbocycles. The van der Waals surface area contributed by atoms with Gasteiger partial charge >= 0.3 is 0 Å². The molecule has 0 heterocycles. The van der Waals surface area contributed by atoms with Gasteiger partial charge in [-0.25, -0.2) is 0 Å². The van der Waals surface area contributed by atoms with Gasteiger partial charge in [0.05, 0.1) is 6.10 Å². The lowest BCUT2D eigenvalue weighted by Crippen LogP contribution is -2.24. The topological polar surface area (TPSA) is 20.2 Å². The Morgan fingerprint density at radius 1 is 1.06 bits per heavy atom. The third-order valence-electron chi connectivity index (χ3n) is 4.47. The van der Waals surface area contributed by atoms with Crippen molar-refractivity contribution in [3.8, 4) is 0 Å². The molecular weight excluding hydrogens is 196 g/mol. The molecule has 2 atom stereocenters. The summed E-state index contributed by atoms with van der Waals surface area (Å²) in [5.74, 6) is 0.982. The molecule has 2 aliphatic carbocycles. The van der Waals surface area contributed by atoms with Crippen LogP contribution in [-0.4, -0.2) is 11.2 Å². The van der Waals surface area contributed by atoms with Crippen LogP contribution in [0.3, 0.4) is 0 Å². The first-order chi connectivity index (χ1) is 7.86. The summed E-state index contributed by atoms with van der Waals surface area (Å²) < 4.78 is 0. The molecule has 1 heteroatoms. The van der Waals surface area contributed by atoms with Crippen molar-refractivity contribution in [3.63, 3.8) is 0 Å². The van der Waals surface area contributed by atoms with Crippen LogP contribution in [0.15, 0.2) is 24.3 Å². The summed E-state index contributed by atoms with van der Waals surface area (Å²) in [6.07, 6.45) is 7.32. The highest BCUT2D eigenvalue weighted by atomic mass is 16.3. The molecule has 2 aliphatic rings. The van der Waals surface area contributed by atoms with Crippen LogP contribution in [0.5, 0.6) is 0 Å². The van der Waals surface area contributed by atoms with Crippen LogP contribution >= 0.6 is 0 Å². The number of aliphatic hydroxyl groups is 1. The van der Waals surface area contributed by atoms with Crippen molar-refractivity contribution < 1.29 is 5.11 Å². The van der Waals surface area contributed by atoms with Crippen LogP contribution < -0.4 is 0 Å². The maximum absolute atomic E-state index is 10.5. The minimum atomic E-state index is -0.0915. The van der Waals surface area contributed by atoms with Crippen LogP contribution in [-0.2, 0) is 6.42 Å². The van der Waals surface area contributed by atoms with Crippen molar-refractivity contribution in [2.24, 2.45) is 5.92 Å². The Bertz CT molecular complexity index is 365. The Kier molecular flexibility index (Phi) is 2.72. The Balaban J connectivity index is 1.81. The molecule has 2 unspecified atom stereocenters. The fraction of sp³-hybridized carbons (Fsp3) is 0.600. The fourth-order valence-electron chi connectivity index (χ4n) is 3.57. The smallest absolute Gasteiger partial charge is 0.0637 e. The normalized spacial score (nSPS) is 26.9. The highest BCUT2D eigenvalue weighted by Crippen LogP contribution is 2.41. The van der Waals surface area contributed by atoms with Gasteiger partial charge in [0.2, 0.25) is 0 Å². The van der Waals surface area contributed by atoms with Gasteiger partial charge in [-0.3, -0.25) is 0 Å². The van der Waals surface area contributed by atoms with Gasteiger partial charge in [0, 0.05) is 5.92 Å². The first kappa shape index (κ1) is 10.3. The van der Waals surface area contributed by atoms with Crippen molar-refractivity contribution in [1.29, 1.82) is 0 Å². The van der Waals surface area contributed by atoms with Gasteiger partial charge in [0.25, 0.3) is 0 Å². The molecular formula is C15H20O. The summed E-state index contributed by atoms with van der Waals surface area (Å²) >= 11 is 0. The molecule has 0 aromatic heterocycles. The van der Waals surface area contributed by atoms with Gasteiger partial charge in [-0.2, -0.15) is 0 Å². The average Bonchev–Trinajstić information content (AvgIpc) is 2.98. The van der Waals surface area contributed by atoms with Crippen molar-refractivity contribution in [2.45, 2.75) is 50.5 Å². The molecule has 0 saturated heterocycles. The molecule has 16 heavy (non-hydrogen) atoms. The van der Waals surface area contributed by atoms with E-state index in [1.165, 1.54) is 36.8 Å². The van der Waals surface area contributed by atoms with Gasteiger partial charge in [-0.1, -0.05) is 37.1 Å². The molecule has 1 nitrogen and oxygen atoms in total. The number of rotatable bonds is 2. The van der Waals surface area contributed by atoms with Gasteiger partial charge in [-0.15, -0.1) is 0 Å². The minimum Gasteiger partial charge on any atom is -0.392 e. The molecule has 0 spiro atoms. The number of fused-ring (bicyclic) bond motifs is 1. The highest BCUT2D eigenvalue weighted by Gasteiger charge is 2.34. The van der Waals surface area contributed by atoms with E-state index in [1.807, 2.05) is 0 Å². The third kappa shape index (κ3) is 1.67. The van der Waals surface area contributed by atoms with E-state index in [1.54, 1.807) is 0 Å². The predicted octanol–water partition coefficient (Wildman–Crippen LogP) is 3.27. The standard InChI is InChI=1S/C15H20O/c16-15(12-6-1-2-7-12)14-10-9-11-5-3-4-8-13(11)14/h3-5,8,12,14-16H,1-2,6-7,9-10H2. The Hall–Kier alpha value is -0.820. The van der Waals surface area contributed by atoms with Crippen LogP contribution in [0.2, 0.25) is 0 Å². The summed E-state index contributed by atoms with van der Waals surface area (Å²) in [6, 6.07) is 8.66. The van der Waals surface area contributed by atoms with E-state index < -0.39 is 0 Å². The van der Waals surface area contributed by atoms with Gasteiger partial charge in [0.15, 0.2) is 0 Å². The summed E-state index contributed by atoms with van der Waals surface area (Å²) in [6.45, 7) is 0. The molecule has 3 rings (SSSR count). The van der Waals surface area contributed by atoms with E-state index >= 15 is 0 Å². The summed E-state index contributed by atoms with van der Waals surface area (Å²) in [5, 5.41) is 10.5. The number of hydrogen-bond acceptors (Lipinski definition) is 1. The van der Waals surface area contributed by atoms with Crippen molar-refractivity contribution in [2.75, 3.05) is 0 Å². The van der Waals surface area contributed by atoms with Gasteiger partial charge < -0.3 is 5.11 Å². The summed E-state index contributed by atoms with van der Waals surface area (Å²) in [5.41, 5.74) is 2.88. The molecule has 0 amide bonds. The predicted molar refractivity (Wildman–Crippen MR) is 65.5 cm³/mol. The Labute approximate surface area is 97.5 Å². The minimum absolute atomic E-state index is 0.0915. The summed E-state index contributed by atoms with van der Waals surface area (Å²) in [7, 11) is 0. The van der Waals surface area contributed by atoms with Crippen LogP contribution in [0.1, 0.15) is 49.1 Å². The average molecular weight is 216 g/mol. The second-order valence-electron chi connectivity index (χ2n) is 5.38. The quantitative estimate of drug-likeness (QED) is 0.804. The second-order valence-corrected chi connectivity index (χ2v) is 5.38. The third-order valence-corrected chi connectivity index (χ3v) is 4.47. The second kappa shape index (κ2) is 4.21. The lowest BCUT2D eigenvalue weighted by molar-refractivity contribution is 0.0830. The first-order valence-electron chi connectivity index (χ1n) is 6.62. The number of hydrogen-bond donors (Lipinski definition) is 1. The van der Waals surface area contributed by atoms with E-state index in [-0.39, 0.29) is 6.10 Å². The molecule has 1 aromatic rings. The lowest BCUT2D eigenvalue weighted by Gasteiger charge is -2.24. The van der Waals surface area contributed by atoms with Crippen molar-refractivity contribution in [3.05, 3.63) is 35.4 Å². The fourth-order valence-corrected chi connectivity index (χ4v) is 3.57. The molecule has 0 aliphatic heterocycles. The zero-order chi connectivity index (χ0) is 11.0. The zero-order valence-corrected chi connectivity index (χ0v) is 9.73. The van der Waals surface area contributed by atoms with Gasteiger partial charge in [-0.05, 0) is 42.7 Å². The van der Waals surface area contributed by atoms with Crippen molar-refractivity contribution >= 4 is 0 Å². The lowest BCUT2D eigenvalue weighted by atomic mass is 9.86. The van der Waals surface area contributed by atoms with Gasteiger partial charge in [0.1, 0.15) is 0 Å². The molecule has 1 fully saturated rings. The van der Waals surface area contributed by atoms with Crippen LogP contribution in [0.4, 0.5) is 0 Å². The van der Waals surface area contributed by atoms with E-state index in [2.05, 4.69) is 24.3 Å². The number of aliphatic hydroxyl groups excluding tert-OH is 1. The number of benzene rings is 1. The number of aryl methyl sites for hydroxylation is 1. The van der Waals surface area contributed by atoms with E-state index in [9.17, 15) is 5.11 Å². The SMILES string of the molecule is OC(C1CCCC1)C1CCc2ccccc21. The molecule has 86 valence electrons. The largest absolute Gasteiger partial charge is 0.392 e. The van der Waals surface area contributed by atoms with E-state index in [0.29, 0.717) is 11.8 Å². The molecule has 1 saturated carbocycles. The first-order valence-corrected chi connectivity index (χ1v) is 6.62. The maximum atomic E-state index is 10.5. The molecule has 0 radical (unpaired) electrons. The Morgan fingerprint density at radius 3 is 2.62 bits per heavy atom. The maximum Gasteiger partial charge on any atom is 0.0637 e. The van der Waals surface area contributed by atoms with Crippen LogP contribution in [0.25, 0.3) is 0 Å². The Morgan fingerprint density at radius 2 is 1.81 bits per heavy atom. The molecule has 0 bridgehead atoms. The van der Waals surface area contributed by atoms with E-state index in [0.717, 1.165) is 12.8 Å². The van der Waals surface area contributed by atoms with E-state index in [4.69, 9.17) is 0 Å². The van der Waals surface area contributed by atoms with Crippen LogP contribution in [0, 0.1) is 5.92 Å². The molecule has 1 N–H and O–H groups in total.